The highest BCUT2D eigenvalue weighted by Crippen LogP contribution is 2.29. The molecule has 3 rings (SSSR count). The Bertz CT molecular complexity index is 1230. The van der Waals surface area contributed by atoms with Crippen LogP contribution in [0.4, 0.5) is 11.4 Å². The van der Waals surface area contributed by atoms with Crippen molar-refractivity contribution in [3.8, 4) is 11.5 Å². The van der Waals surface area contributed by atoms with Gasteiger partial charge in [0.1, 0.15) is 11.5 Å². The van der Waals surface area contributed by atoms with Crippen LogP contribution in [0.2, 0.25) is 0 Å². The minimum Gasteiger partial charge on any atom is -0.457 e. The van der Waals surface area contributed by atoms with E-state index in [1.165, 1.54) is 36.4 Å². The van der Waals surface area contributed by atoms with Crippen LogP contribution in [0, 0.1) is 10.1 Å². The zero-order chi connectivity index (χ0) is 23.3. The number of non-ortho nitro benzene ring substituents is 1. The second-order valence-corrected chi connectivity index (χ2v) is 8.82. The SMILES string of the molecule is CC(C)NS(=O)(=O)c1ccc(NC(=O)c2cc([N+](=O)[O-])ccc2Oc2ccccc2)cc1. The lowest BCUT2D eigenvalue weighted by Gasteiger charge is -2.12. The number of ether oxygens (including phenoxy) is 1. The molecule has 2 N–H and O–H groups in total. The highest BCUT2D eigenvalue weighted by Gasteiger charge is 2.20. The van der Waals surface area contributed by atoms with Gasteiger partial charge < -0.3 is 10.1 Å². The van der Waals surface area contributed by atoms with Crippen LogP contribution in [0.15, 0.2) is 77.7 Å². The Kier molecular flexibility index (Phi) is 6.86. The maximum atomic E-state index is 12.9. The Balaban J connectivity index is 1.86. The number of nitro groups is 1. The van der Waals surface area contributed by atoms with Gasteiger partial charge in [-0.1, -0.05) is 18.2 Å². The first-order valence-electron chi connectivity index (χ1n) is 9.61. The van der Waals surface area contributed by atoms with Crippen molar-refractivity contribution < 1.29 is 22.9 Å². The van der Waals surface area contributed by atoms with Gasteiger partial charge in [-0.15, -0.1) is 0 Å². The first kappa shape index (κ1) is 22.9. The van der Waals surface area contributed by atoms with Crippen LogP contribution in [-0.4, -0.2) is 25.3 Å². The molecule has 0 saturated carbocycles. The van der Waals surface area contributed by atoms with E-state index < -0.39 is 20.9 Å². The number of nitro benzene ring substituents is 1. The van der Waals surface area contributed by atoms with E-state index in [9.17, 15) is 23.3 Å². The molecular weight excluding hydrogens is 434 g/mol. The van der Waals surface area contributed by atoms with Gasteiger partial charge in [0.2, 0.25) is 10.0 Å². The summed E-state index contributed by atoms with van der Waals surface area (Å²) in [5.74, 6) is -0.0437. The predicted molar refractivity (Wildman–Crippen MR) is 119 cm³/mol. The number of rotatable bonds is 8. The van der Waals surface area contributed by atoms with Gasteiger partial charge in [-0.25, -0.2) is 13.1 Å². The highest BCUT2D eigenvalue weighted by molar-refractivity contribution is 7.89. The molecule has 32 heavy (non-hydrogen) atoms. The van der Waals surface area contributed by atoms with Crippen molar-refractivity contribution in [1.82, 2.24) is 4.72 Å². The average Bonchev–Trinajstić information content (AvgIpc) is 2.74. The van der Waals surface area contributed by atoms with Gasteiger partial charge in [0.15, 0.2) is 0 Å². The number of nitrogens with zero attached hydrogens (tertiary/aromatic N) is 1. The maximum absolute atomic E-state index is 12.9. The zero-order valence-electron chi connectivity index (χ0n) is 17.3. The van der Waals surface area contributed by atoms with Gasteiger partial charge in [0, 0.05) is 23.9 Å². The van der Waals surface area contributed by atoms with E-state index in [0.29, 0.717) is 11.4 Å². The molecule has 0 aliphatic heterocycles. The highest BCUT2D eigenvalue weighted by atomic mass is 32.2. The number of hydrogen-bond donors (Lipinski definition) is 2. The topological polar surface area (TPSA) is 128 Å². The number of nitrogens with one attached hydrogen (secondary N) is 2. The standard InChI is InChI=1S/C22H21N3O6S/c1-15(2)24-32(29,30)19-11-8-16(9-12-19)23-22(26)20-14-17(25(27)28)10-13-21(20)31-18-6-4-3-5-7-18/h3-15,24H,1-2H3,(H,23,26). The largest absolute Gasteiger partial charge is 0.457 e. The van der Waals surface area contributed by atoms with Crippen LogP contribution in [0.3, 0.4) is 0 Å². The van der Waals surface area contributed by atoms with Crippen LogP contribution in [-0.2, 0) is 10.0 Å². The van der Waals surface area contributed by atoms with Gasteiger partial charge in [-0.05, 0) is 56.3 Å². The molecule has 0 spiro atoms. The molecule has 166 valence electrons. The van der Waals surface area contributed by atoms with Gasteiger partial charge in [0.05, 0.1) is 15.4 Å². The summed E-state index contributed by atoms with van der Waals surface area (Å²) in [4.78, 5) is 23.5. The number of carbonyl (C=O) groups excluding carboxylic acids is 1. The molecule has 0 aliphatic rings. The Morgan fingerprint density at radius 3 is 2.25 bits per heavy atom. The maximum Gasteiger partial charge on any atom is 0.270 e. The van der Waals surface area contributed by atoms with Crippen molar-refractivity contribution in [2.75, 3.05) is 5.32 Å². The van der Waals surface area contributed by atoms with Crippen LogP contribution in [0.25, 0.3) is 0 Å². The number of para-hydroxylation sites is 1. The first-order valence-corrected chi connectivity index (χ1v) is 11.1. The molecule has 0 bridgehead atoms. The van der Waals surface area contributed by atoms with Crippen LogP contribution in [0.5, 0.6) is 11.5 Å². The van der Waals surface area contributed by atoms with Crippen molar-refractivity contribution in [3.05, 3.63) is 88.5 Å². The minimum atomic E-state index is -3.67. The number of benzene rings is 3. The van der Waals surface area contributed by atoms with E-state index in [1.807, 2.05) is 0 Å². The molecule has 0 unspecified atom stereocenters. The fourth-order valence-electron chi connectivity index (χ4n) is 2.81. The number of amides is 1. The van der Waals surface area contributed by atoms with E-state index in [1.54, 1.807) is 44.2 Å². The summed E-state index contributed by atoms with van der Waals surface area (Å²) in [5, 5.41) is 13.8. The second-order valence-electron chi connectivity index (χ2n) is 7.11. The molecule has 0 radical (unpaired) electrons. The van der Waals surface area contributed by atoms with E-state index in [0.717, 1.165) is 6.07 Å². The molecule has 0 aliphatic carbocycles. The van der Waals surface area contributed by atoms with Crippen LogP contribution < -0.4 is 14.8 Å². The molecule has 0 saturated heterocycles. The molecule has 0 aromatic heterocycles. The molecule has 0 heterocycles. The lowest BCUT2D eigenvalue weighted by Crippen LogP contribution is -2.30. The summed E-state index contributed by atoms with van der Waals surface area (Å²) >= 11 is 0. The average molecular weight is 455 g/mol. The monoisotopic (exact) mass is 455 g/mol. The smallest absolute Gasteiger partial charge is 0.270 e. The van der Waals surface area contributed by atoms with Crippen LogP contribution >= 0.6 is 0 Å². The molecule has 3 aromatic carbocycles. The van der Waals surface area contributed by atoms with Crippen molar-refractivity contribution in [1.29, 1.82) is 0 Å². The van der Waals surface area contributed by atoms with Crippen molar-refractivity contribution >= 4 is 27.3 Å². The molecular formula is C22H21N3O6S. The predicted octanol–water partition coefficient (Wildman–Crippen LogP) is 4.33. The Hall–Kier alpha value is -3.76. The minimum absolute atomic E-state index is 0.0405. The van der Waals surface area contributed by atoms with Gasteiger partial charge in [-0.2, -0.15) is 0 Å². The van der Waals surface area contributed by atoms with Gasteiger partial charge in [-0.3, -0.25) is 14.9 Å². The fourth-order valence-corrected chi connectivity index (χ4v) is 4.06. The van der Waals surface area contributed by atoms with Crippen molar-refractivity contribution in [3.63, 3.8) is 0 Å². The summed E-state index contributed by atoms with van der Waals surface area (Å²) in [5.41, 5.74) is 0.00801. The number of hydrogen-bond acceptors (Lipinski definition) is 6. The summed E-state index contributed by atoms with van der Waals surface area (Å²) < 4.78 is 32.7. The quantitative estimate of drug-likeness (QED) is 0.384. The summed E-state index contributed by atoms with van der Waals surface area (Å²) in [6, 6.07) is 17.7. The third-order valence-corrected chi connectivity index (χ3v) is 5.88. The van der Waals surface area contributed by atoms with Crippen LogP contribution in [0.1, 0.15) is 24.2 Å². The molecule has 3 aromatic rings. The van der Waals surface area contributed by atoms with E-state index in [2.05, 4.69) is 10.0 Å². The zero-order valence-corrected chi connectivity index (χ0v) is 18.1. The normalized spacial score (nSPS) is 11.2. The fraction of sp³-hybridized carbons (Fsp3) is 0.136. The third kappa shape index (κ3) is 5.68. The lowest BCUT2D eigenvalue weighted by atomic mass is 10.1. The molecule has 0 atom stereocenters. The van der Waals surface area contributed by atoms with Gasteiger partial charge in [0.25, 0.3) is 11.6 Å². The molecule has 9 nitrogen and oxygen atoms in total. The Morgan fingerprint density at radius 2 is 1.66 bits per heavy atom. The Morgan fingerprint density at radius 1 is 1.00 bits per heavy atom. The third-order valence-electron chi connectivity index (χ3n) is 4.20. The number of carbonyl (C=O) groups is 1. The molecule has 1 amide bonds. The van der Waals surface area contributed by atoms with Crippen molar-refractivity contribution in [2.24, 2.45) is 0 Å². The van der Waals surface area contributed by atoms with E-state index in [4.69, 9.17) is 4.74 Å². The molecule has 10 heteroatoms. The van der Waals surface area contributed by atoms with Gasteiger partial charge >= 0.3 is 0 Å². The number of sulfonamides is 1. The Labute approximate surface area is 185 Å². The number of anilines is 1. The summed E-state index contributed by atoms with van der Waals surface area (Å²) in [6.45, 7) is 3.42. The summed E-state index contributed by atoms with van der Waals surface area (Å²) in [7, 11) is -3.67. The first-order chi connectivity index (χ1) is 15.2. The summed E-state index contributed by atoms with van der Waals surface area (Å²) in [6.07, 6.45) is 0. The lowest BCUT2D eigenvalue weighted by molar-refractivity contribution is -0.384. The van der Waals surface area contributed by atoms with Crippen molar-refractivity contribution in [2.45, 2.75) is 24.8 Å². The second kappa shape index (κ2) is 9.58. The molecule has 0 fully saturated rings. The van der Waals surface area contributed by atoms with E-state index >= 15 is 0 Å². The van der Waals surface area contributed by atoms with E-state index in [-0.39, 0.29) is 27.9 Å².